The fourth-order valence-electron chi connectivity index (χ4n) is 3.18. The Morgan fingerprint density at radius 2 is 1.55 bits per heavy atom. The summed E-state index contributed by atoms with van der Waals surface area (Å²) >= 11 is 0. The van der Waals surface area contributed by atoms with Crippen LogP contribution in [0.4, 0.5) is 11.4 Å². The van der Waals surface area contributed by atoms with E-state index in [4.69, 9.17) is 0 Å². The quantitative estimate of drug-likeness (QED) is 0.783. The summed E-state index contributed by atoms with van der Waals surface area (Å²) in [5, 5.41) is 5.70. The first-order valence-electron chi connectivity index (χ1n) is 10.0. The van der Waals surface area contributed by atoms with Crippen molar-refractivity contribution in [1.82, 2.24) is 5.32 Å². The van der Waals surface area contributed by atoms with E-state index in [1.54, 1.807) is 53.4 Å². The zero-order valence-corrected chi connectivity index (χ0v) is 16.9. The highest BCUT2D eigenvalue weighted by atomic mass is 16.2. The van der Waals surface area contributed by atoms with Gasteiger partial charge in [-0.05, 0) is 67.3 Å². The van der Waals surface area contributed by atoms with Crippen molar-refractivity contribution >= 4 is 29.1 Å². The number of carbonyl (C=O) groups is 3. The molecule has 2 N–H and O–H groups in total. The van der Waals surface area contributed by atoms with Crippen molar-refractivity contribution in [2.45, 2.75) is 33.1 Å². The van der Waals surface area contributed by atoms with Crippen molar-refractivity contribution in [2.24, 2.45) is 5.92 Å². The first-order valence-corrected chi connectivity index (χ1v) is 10.0. The molecule has 0 atom stereocenters. The third kappa shape index (κ3) is 5.44. The normalized spacial score (nSPS) is 14.0. The third-order valence-electron chi connectivity index (χ3n) is 4.84. The number of piperidine rings is 1. The average Bonchev–Trinajstić information content (AvgIpc) is 2.73. The fraction of sp³-hybridized carbons (Fsp3) is 0.348. The summed E-state index contributed by atoms with van der Waals surface area (Å²) in [6.45, 7) is 5.42. The van der Waals surface area contributed by atoms with Gasteiger partial charge in [0.25, 0.3) is 11.8 Å². The van der Waals surface area contributed by atoms with E-state index < -0.39 is 0 Å². The molecule has 1 saturated heterocycles. The van der Waals surface area contributed by atoms with E-state index in [1.165, 1.54) is 0 Å². The largest absolute Gasteiger partial charge is 0.352 e. The van der Waals surface area contributed by atoms with Crippen LogP contribution in [0.25, 0.3) is 0 Å². The molecule has 1 fully saturated rings. The van der Waals surface area contributed by atoms with E-state index in [0.29, 0.717) is 35.7 Å². The highest BCUT2D eigenvalue weighted by Crippen LogP contribution is 2.21. The van der Waals surface area contributed by atoms with Gasteiger partial charge < -0.3 is 15.5 Å². The van der Waals surface area contributed by atoms with Gasteiger partial charge in [-0.1, -0.05) is 13.8 Å². The van der Waals surface area contributed by atoms with Gasteiger partial charge in [-0.3, -0.25) is 14.4 Å². The highest BCUT2D eigenvalue weighted by Gasteiger charge is 2.19. The van der Waals surface area contributed by atoms with Crippen LogP contribution in [0.15, 0.2) is 48.5 Å². The molecule has 0 unspecified atom stereocenters. The first kappa shape index (κ1) is 20.6. The second kappa shape index (κ2) is 9.37. The lowest BCUT2D eigenvalue weighted by atomic mass is 10.1. The maximum atomic E-state index is 12.5. The van der Waals surface area contributed by atoms with Gasteiger partial charge in [-0.2, -0.15) is 0 Å². The fourth-order valence-corrected chi connectivity index (χ4v) is 3.18. The molecule has 0 aliphatic carbocycles. The van der Waals surface area contributed by atoms with Gasteiger partial charge >= 0.3 is 0 Å². The average molecular weight is 393 g/mol. The molecule has 6 nitrogen and oxygen atoms in total. The summed E-state index contributed by atoms with van der Waals surface area (Å²) in [4.78, 5) is 38.3. The maximum absolute atomic E-state index is 12.5. The Kier molecular flexibility index (Phi) is 6.65. The monoisotopic (exact) mass is 393 g/mol. The minimum Gasteiger partial charge on any atom is -0.352 e. The van der Waals surface area contributed by atoms with Crippen molar-refractivity contribution in [1.29, 1.82) is 0 Å². The Bertz CT molecular complexity index is 873. The number of anilines is 2. The number of hydrogen-bond donors (Lipinski definition) is 2. The molecular weight excluding hydrogens is 366 g/mol. The summed E-state index contributed by atoms with van der Waals surface area (Å²) in [6.07, 6.45) is 2.52. The molecule has 0 spiro atoms. The molecule has 152 valence electrons. The van der Waals surface area contributed by atoms with Crippen molar-refractivity contribution < 1.29 is 14.4 Å². The summed E-state index contributed by atoms with van der Waals surface area (Å²) < 4.78 is 0. The standard InChI is InChI=1S/C23H27N3O3/c1-16(2)15-24-22(28)17-6-10-19(11-7-17)25-23(29)18-8-12-20(13-9-18)26-14-4-3-5-21(26)27/h6-13,16H,3-5,14-15H2,1-2H3,(H,24,28)(H,25,29). The number of amides is 3. The number of benzene rings is 2. The van der Waals surface area contributed by atoms with Gasteiger partial charge in [0.05, 0.1) is 0 Å². The van der Waals surface area contributed by atoms with Gasteiger partial charge in [-0.15, -0.1) is 0 Å². The summed E-state index contributed by atoms with van der Waals surface area (Å²) in [6, 6.07) is 13.9. The number of rotatable bonds is 6. The molecule has 1 aliphatic rings. The summed E-state index contributed by atoms with van der Waals surface area (Å²) in [5.41, 5.74) is 2.50. The van der Waals surface area contributed by atoms with Crippen LogP contribution < -0.4 is 15.5 Å². The Hall–Kier alpha value is -3.15. The van der Waals surface area contributed by atoms with Crippen LogP contribution in [0.2, 0.25) is 0 Å². The number of nitrogens with zero attached hydrogens (tertiary/aromatic N) is 1. The summed E-state index contributed by atoms with van der Waals surface area (Å²) in [7, 11) is 0. The zero-order valence-electron chi connectivity index (χ0n) is 16.9. The van der Waals surface area contributed by atoms with Crippen LogP contribution in [0.3, 0.4) is 0 Å². The van der Waals surface area contributed by atoms with Crippen LogP contribution in [0, 0.1) is 5.92 Å². The molecule has 0 radical (unpaired) electrons. The Morgan fingerprint density at radius 3 is 2.17 bits per heavy atom. The van der Waals surface area contributed by atoms with Gasteiger partial charge in [0, 0.05) is 42.0 Å². The van der Waals surface area contributed by atoms with Crippen LogP contribution in [0.5, 0.6) is 0 Å². The lowest BCUT2D eigenvalue weighted by molar-refractivity contribution is -0.119. The van der Waals surface area contributed by atoms with E-state index in [2.05, 4.69) is 10.6 Å². The molecule has 29 heavy (non-hydrogen) atoms. The Labute approximate surface area is 171 Å². The molecule has 1 aliphatic heterocycles. The van der Waals surface area contributed by atoms with E-state index in [0.717, 1.165) is 25.1 Å². The Morgan fingerprint density at radius 1 is 0.931 bits per heavy atom. The van der Waals surface area contributed by atoms with Gasteiger partial charge in [-0.25, -0.2) is 0 Å². The van der Waals surface area contributed by atoms with Gasteiger partial charge in [0.15, 0.2) is 0 Å². The van der Waals surface area contributed by atoms with Crippen molar-refractivity contribution in [2.75, 3.05) is 23.3 Å². The number of nitrogens with one attached hydrogen (secondary N) is 2. The molecule has 2 aromatic carbocycles. The molecule has 0 saturated carbocycles. The second-order valence-electron chi connectivity index (χ2n) is 7.68. The molecule has 1 heterocycles. The molecule has 6 heteroatoms. The maximum Gasteiger partial charge on any atom is 0.255 e. The zero-order chi connectivity index (χ0) is 20.8. The number of hydrogen-bond acceptors (Lipinski definition) is 3. The van der Waals surface area contributed by atoms with Crippen LogP contribution in [-0.2, 0) is 4.79 Å². The van der Waals surface area contributed by atoms with Gasteiger partial charge in [0.1, 0.15) is 0 Å². The molecule has 3 rings (SSSR count). The number of carbonyl (C=O) groups excluding carboxylic acids is 3. The lowest BCUT2D eigenvalue weighted by Gasteiger charge is -2.26. The third-order valence-corrected chi connectivity index (χ3v) is 4.84. The predicted molar refractivity (Wildman–Crippen MR) is 114 cm³/mol. The minimum absolute atomic E-state index is 0.126. The Balaban J connectivity index is 1.59. The lowest BCUT2D eigenvalue weighted by Crippen LogP contribution is -2.35. The van der Waals surface area contributed by atoms with E-state index in [1.807, 2.05) is 13.8 Å². The van der Waals surface area contributed by atoms with Crippen molar-refractivity contribution in [3.05, 3.63) is 59.7 Å². The molecular formula is C23H27N3O3. The molecule has 0 bridgehead atoms. The molecule has 2 aromatic rings. The van der Waals surface area contributed by atoms with E-state index >= 15 is 0 Å². The molecule has 3 amide bonds. The summed E-state index contributed by atoms with van der Waals surface area (Å²) in [5.74, 6) is 0.154. The minimum atomic E-state index is -0.237. The van der Waals surface area contributed by atoms with Crippen molar-refractivity contribution in [3.8, 4) is 0 Å². The topological polar surface area (TPSA) is 78.5 Å². The smallest absolute Gasteiger partial charge is 0.255 e. The highest BCUT2D eigenvalue weighted by molar-refractivity contribution is 6.05. The van der Waals surface area contributed by atoms with E-state index in [9.17, 15) is 14.4 Å². The van der Waals surface area contributed by atoms with Crippen molar-refractivity contribution in [3.63, 3.8) is 0 Å². The second-order valence-corrected chi connectivity index (χ2v) is 7.68. The SMILES string of the molecule is CC(C)CNC(=O)c1ccc(NC(=O)c2ccc(N3CCCCC3=O)cc2)cc1. The van der Waals surface area contributed by atoms with Crippen LogP contribution >= 0.6 is 0 Å². The van der Waals surface area contributed by atoms with Crippen LogP contribution in [0.1, 0.15) is 53.8 Å². The van der Waals surface area contributed by atoms with Gasteiger partial charge in [0.2, 0.25) is 5.91 Å². The van der Waals surface area contributed by atoms with Crippen LogP contribution in [-0.4, -0.2) is 30.8 Å². The first-order chi connectivity index (χ1) is 13.9. The predicted octanol–water partition coefficient (Wildman–Crippen LogP) is 3.84. The molecule has 0 aromatic heterocycles. The van der Waals surface area contributed by atoms with E-state index in [-0.39, 0.29) is 17.7 Å².